The van der Waals surface area contributed by atoms with E-state index in [1.165, 1.54) is 0 Å². The molecule has 0 saturated heterocycles. The van der Waals surface area contributed by atoms with Crippen LogP contribution in [0, 0.1) is 0 Å². The smallest absolute Gasteiger partial charge is 0.309 e. The summed E-state index contributed by atoms with van der Waals surface area (Å²) >= 11 is 3.36. The average molecular weight is 287 g/mol. The topological polar surface area (TPSA) is 35.5 Å². The molecule has 3 nitrogen and oxygen atoms in total. The highest BCUT2D eigenvalue weighted by atomic mass is 79.9. The Kier molecular flexibility index (Phi) is 9.30. The standard InChI is InChI=1S/C9H20BrO3P/c1-3-12-14(11,13-4-2)9-7-5-6-8-10/h3-9H2,1-2H3. The van der Waals surface area contributed by atoms with E-state index in [2.05, 4.69) is 15.9 Å². The van der Waals surface area contributed by atoms with Crippen molar-refractivity contribution in [2.45, 2.75) is 33.1 Å². The van der Waals surface area contributed by atoms with Crippen molar-refractivity contribution in [3.8, 4) is 0 Å². The van der Waals surface area contributed by atoms with Crippen LogP contribution in [-0.2, 0) is 13.6 Å². The largest absolute Gasteiger partial charge is 0.330 e. The first-order valence-corrected chi connectivity index (χ1v) is 7.97. The van der Waals surface area contributed by atoms with Crippen LogP contribution in [-0.4, -0.2) is 24.7 Å². The van der Waals surface area contributed by atoms with Gasteiger partial charge in [0, 0.05) is 5.33 Å². The maximum absolute atomic E-state index is 11.9. The third kappa shape index (κ3) is 6.99. The van der Waals surface area contributed by atoms with Crippen molar-refractivity contribution < 1.29 is 13.6 Å². The van der Waals surface area contributed by atoms with Crippen LogP contribution in [0.3, 0.4) is 0 Å². The van der Waals surface area contributed by atoms with Crippen molar-refractivity contribution in [1.82, 2.24) is 0 Å². The zero-order valence-electron chi connectivity index (χ0n) is 9.00. The lowest BCUT2D eigenvalue weighted by atomic mass is 10.3. The third-order valence-corrected chi connectivity index (χ3v) is 4.45. The van der Waals surface area contributed by atoms with E-state index in [-0.39, 0.29) is 0 Å². The molecule has 0 spiro atoms. The summed E-state index contributed by atoms with van der Waals surface area (Å²) in [5.74, 6) is 0. The van der Waals surface area contributed by atoms with Crippen molar-refractivity contribution in [2.24, 2.45) is 0 Å². The molecule has 0 aromatic carbocycles. The van der Waals surface area contributed by atoms with E-state index in [4.69, 9.17) is 9.05 Å². The van der Waals surface area contributed by atoms with Gasteiger partial charge in [-0.15, -0.1) is 0 Å². The van der Waals surface area contributed by atoms with Crippen LogP contribution in [0.15, 0.2) is 0 Å². The highest BCUT2D eigenvalue weighted by molar-refractivity contribution is 9.09. The SMILES string of the molecule is CCOP(=O)(CCCCCBr)OCC. The van der Waals surface area contributed by atoms with Gasteiger partial charge in [0.2, 0.25) is 0 Å². The molecule has 0 unspecified atom stereocenters. The fourth-order valence-corrected chi connectivity index (χ4v) is 3.26. The van der Waals surface area contributed by atoms with E-state index in [1.807, 2.05) is 13.8 Å². The number of alkyl halides is 1. The van der Waals surface area contributed by atoms with Crippen LogP contribution in [0.2, 0.25) is 0 Å². The van der Waals surface area contributed by atoms with E-state index in [9.17, 15) is 4.57 Å². The van der Waals surface area contributed by atoms with E-state index < -0.39 is 7.60 Å². The molecule has 0 N–H and O–H groups in total. The average Bonchev–Trinajstić information content (AvgIpc) is 2.13. The molecule has 0 aliphatic heterocycles. The van der Waals surface area contributed by atoms with Crippen LogP contribution >= 0.6 is 23.5 Å². The molecule has 0 fully saturated rings. The summed E-state index contributed by atoms with van der Waals surface area (Å²) in [6.07, 6.45) is 3.62. The molecule has 0 saturated carbocycles. The highest BCUT2D eigenvalue weighted by Crippen LogP contribution is 2.48. The van der Waals surface area contributed by atoms with Crippen LogP contribution in [0.25, 0.3) is 0 Å². The lowest BCUT2D eigenvalue weighted by Gasteiger charge is -2.16. The monoisotopic (exact) mass is 286 g/mol. The molecule has 86 valence electrons. The van der Waals surface area contributed by atoms with Gasteiger partial charge in [0.25, 0.3) is 0 Å². The van der Waals surface area contributed by atoms with Gasteiger partial charge in [-0.2, -0.15) is 0 Å². The van der Waals surface area contributed by atoms with E-state index in [1.54, 1.807) is 0 Å². The second-order valence-electron chi connectivity index (χ2n) is 2.92. The zero-order chi connectivity index (χ0) is 10.9. The van der Waals surface area contributed by atoms with Gasteiger partial charge < -0.3 is 9.05 Å². The molecule has 0 bridgehead atoms. The lowest BCUT2D eigenvalue weighted by molar-refractivity contribution is 0.219. The van der Waals surface area contributed by atoms with E-state index >= 15 is 0 Å². The minimum absolute atomic E-state index is 0.454. The Labute approximate surface area is 95.2 Å². The van der Waals surface area contributed by atoms with Gasteiger partial charge in [0.1, 0.15) is 0 Å². The molecule has 0 rings (SSSR count). The molecule has 0 aliphatic carbocycles. The first kappa shape index (κ1) is 14.6. The summed E-state index contributed by atoms with van der Waals surface area (Å²) in [6, 6.07) is 0. The number of hydrogen-bond donors (Lipinski definition) is 0. The molecule has 0 aromatic heterocycles. The third-order valence-electron chi connectivity index (χ3n) is 1.72. The second kappa shape index (κ2) is 8.90. The number of hydrogen-bond acceptors (Lipinski definition) is 3. The molecule has 5 heteroatoms. The van der Waals surface area contributed by atoms with Gasteiger partial charge in [-0.25, -0.2) is 0 Å². The van der Waals surface area contributed by atoms with E-state index in [0.29, 0.717) is 19.4 Å². The molecule has 0 aliphatic rings. The van der Waals surface area contributed by atoms with Crippen molar-refractivity contribution in [1.29, 1.82) is 0 Å². The fourth-order valence-electron chi connectivity index (χ4n) is 1.14. The lowest BCUT2D eigenvalue weighted by Crippen LogP contribution is -2.00. The first-order chi connectivity index (χ1) is 6.68. The Morgan fingerprint density at radius 1 is 1.07 bits per heavy atom. The van der Waals surface area contributed by atoms with Crippen LogP contribution in [0.1, 0.15) is 33.1 Å². The predicted octanol–water partition coefficient (Wildman–Crippen LogP) is 3.82. The van der Waals surface area contributed by atoms with Crippen molar-refractivity contribution in [2.75, 3.05) is 24.7 Å². The van der Waals surface area contributed by atoms with Crippen molar-refractivity contribution >= 4 is 23.5 Å². The molecule has 0 heterocycles. The first-order valence-electron chi connectivity index (χ1n) is 5.12. The van der Waals surface area contributed by atoms with Crippen LogP contribution in [0.4, 0.5) is 0 Å². The Hall–Kier alpha value is 0.630. The Morgan fingerprint density at radius 2 is 1.64 bits per heavy atom. The van der Waals surface area contributed by atoms with Gasteiger partial charge in [0.15, 0.2) is 0 Å². The Bertz CT molecular complexity index is 165. The summed E-state index contributed by atoms with van der Waals surface area (Å²) in [5.41, 5.74) is 0. The van der Waals surface area contributed by atoms with Crippen molar-refractivity contribution in [3.63, 3.8) is 0 Å². The Balaban J connectivity index is 3.78. The number of halogens is 1. The molecule has 0 atom stereocenters. The van der Waals surface area contributed by atoms with Gasteiger partial charge in [-0.05, 0) is 26.7 Å². The minimum atomic E-state index is -2.77. The summed E-state index contributed by atoms with van der Waals surface area (Å²) < 4.78 is 22.3. The molecule has 0 amide bonds. The number of unbranched alkanes of at least 4 members (excludes halogenated alkanes) is 2. The van der Waals surface area contributed by atoms with Crippen LogP contribution < -0.4 is 0 Å². The second-order valence-corrected chi connectivity index (χ2v) is 5.90. The maximum Gasteiger partial charge on any atom is 0.330 e. The summed E-state index contributed by atoms with van der Waals surface area (Å²) in [4.78, 5) is 0. The summed E-state index contributed by atoms with van der Waals surface area (Å²) in [6.45, 7) is 4.58. The van der Waals surface area contributed by atoms with E-state index in [0.717, 1.165) is 24.6 Å². The fraction of sp³-hybridized carbons (Fsp3) is 1.00. The highest BCUT2D eigenvalue weighted by Gasteiger charge is 2.22. The molecule has 0 aromatic rings. The minimum Gasteiger partial charge on any atom is -0.309 e. The Morgan fingerprint density at radius 3 is 2.07 bits per heavy atom. The maximum atomic E-state index is 11.9. The quantitative estimate of drug-likeness (QED) is 0.367. The van der Waals surface area contributed by atoms with Gasteiger partial charge >= 0.3 is 7.60 Å². The normalized spacial score (nSPS) is 11.9. The summed E-state index contributed by atoms with van der Waals surface area (Å²) in [5, 5.41) is 1.00. The van der Waals surface area contributed by atoms with Crippen LogP contribution in [0.5, 0.6) is 0 Å². The molecular weight excluding hydrogens is 267 g/mol. The van der Waals surface area contributed by atoms with Gasteiger partial charge in [0.05, 0.1) is 19.4 Å². The zero-order valence-corrected chi connectivity index (χ0v) is 11.5. The summed E-state index contributed by atoms with van der Waals surface area (Å²) in [7, 11) is -2.77. The molecule has 14 heavy (non-hydrogen) atoms. The van der Waals surface area contributed by atoms with Crippen molar-refractivity contribution in [3.05, 3.63) is 0 Å². The molecule has 0 radical (unpaired) electrons. The van der Waals surface area contributed by atoms with Gasteiger partial charge in [-0.3, -0.25) is 4.57 Å². The molecular formula is C9H20BrO3P. The predicted molar refractivity (Wildman–Crippen MR) is 63.4 cm³/mol. The number of rotatable bonds is 9. The van der Waals surface area contributed by atoms with Gasteiger partial charge in [-0.1, -0.05) is 22.4 Å².